The molecule has 23 heavy (non-hydrogen) atoms. The molecule has 0 saturated heterocycles. The van der Waals surface area contributed by atoms with Crippen molar-refractivity contribution in [3.63, 3.8) is 0 Å². The molecule has 0 unspecified atom stereocenters. The second-order valence-electron chi connectivity index (χ2n) is 5.71. The Morgan fingerprint density at radius 1 is 1.17 bits per heavy atom. The average molecular weight is 312 g/mol. The molecular weight excluding hydrogens is 288 g/mol. The Morgan fingerprint density at radius 2 is 1.91 bits per heavy atom. The second-order valence-corrected chi connectivity index (χ2v) is 5.71. The van der Waals surface area contributed by atoms with Crippen LogP contribution in [0.25, 0.3) is 0 Å². The molecule has 0 saturated carbocycles. The van der Waals surface area contributed by atoms with E-state index in [0.717, 1.165) is 19.4 Å². The highest BCUT2D eigenvalue weighted by Crippen LogP contribution is 2.08. The van der Waals surface area contributed by atoms with Crippen LogP contribution >= 0.6 is 0 Å². The lowest BCUT2D eigenvalue weighted by Crippen LogP contribution is -2.28. The van der Waals surface area contributed by atoms with Crippen LogP contribution in [0, 0.1) is 6.92 Å². The third-order valence-corrected chi connectivity index (χ3v) is 3.66. The molecule has 1 heterocycles. The van der Waals surface area contributed by atoms with Gasteiger partial charge in [-0.25, -0.2) is 9.97 Å². The normalized spacial score (nSPS) is 10.4. The van der Waals surface area contributed by atoms with Crippen molar-refractivity contribution in [3.8, 4) is 0 Å². The summed E-state index contributed by atoms with van der Waals surface area (Å²) in [4.78, 5) is 22.4. The molecule has 0 bridgehead atoms. The Balaban J connectivity index is 1.91. The number of anilines is 1. The number of benzene rings is 1. The van der Waals surface area contributed by atoms with Gasteiger partial charge in [-0.3, -0.25) is 4.79 Å². The molecule has 1 amide bonds. The first-order chi connectivity index (χ1) is 11.1. The summed E-state index contributed by atoms with van der Waals surface area (Å²) in [5.41, 5.74) is 2.80. The molecule has 5 heteroatoms. The number of rotatable bonds is 7. The molecule has 122 valence electrons. The largest absolute Gasteiger partial charge is 0.365 e. The van der Waals surface area contributed by atoms with E-state index in [9.17, 15) is 4.79 Å². The van der Waals surface area contributed by atoms with Crippen molar-refractivity contribution in [2.45, 2.75) is 33.2 Å². The van der Waals surface area contributed by atoms with Gasteiger partial charge in [-0.1, -0.05) is 43.2 Å². The van der Waals surface area contributed by atoms with E-state index in [1.54, 1.807) is 18.1 Å². The monoisotopic (exact) mass is 312 g/mol. The summed E-state index contributed by atoms with van der Waals surface area (Å²) in [6.45, 7) is 5.59. The average Bonchev–Trinajstić information content (AvgIpc) is 2.59. The Hall–Kier alpha value is -2.43. The number of carbonyl (C=O) groups excluding carboxylic acids is 1. The fourth-order valence-electron chi connectivity index (χ4n) is 2.12. The third kappa shape index (κ3) is 5.06. The minimum atomic E-state index is -0.0870. The number of hydrogen-bond acceptors (Lipinski definition) is 4. The Labute approximate surface area is 137 Å². The minimum absolute atomic E-state index is 0.0870. The highest BCUT2D eigenvalue weighted by atomic mass is 16.2. The van der Waals surface area contributed by atoms with Crippen molar-refractivity contribution >= 4 is 11.7 Å². The topological polar surface area (TPSA) is 58.1 Å². The summed E-state index contributed by atoms with van der Waals surface area (Å²) in [5.74, 6) is 0.578. The molecule has 1 N–H and O–H groups in total. The molecule has 2 rings (SSSR count). The summed E-state index contributed by atoms with van der Waals surface area (Å²) in [5, 5.41) is 3.21. The summed E-state index contributed by atoms with van der Waals surface area (Å²) >= 11 is 0. The molecule has 0 atom stereocenters. The van der Waals surface area contributed by atoms with Gasteiger partial charge in [-0.15, -0.1) is 0 Å². The molecule has 0 aliphatic carbocycles. The Morgan fingerprint density at radius 3 is 2.52 bits per heavy atom. The van der Waals surface area contributed by atoms with Crippen LogP contribution in [0.4, 0.5) is 5.82 Å². The maximum absolute atomic E-state index is 12.2. The lowest BCUT2D eigenvalue weighted by Gasteiger charge is -2.16. The number of nitrogens with zero attached hydrogens (tertiary/aromatic N) is 3. The molecule has 1 aromatic carbocycles. The van der Waals surface area contributed by atoms with Gasteiger partial charge in [0.25, 0.3) is 5.91 Å². The van der Waals surface area contributed by atoms with Gasteiger partial charge in [0, 0.05) is 20.1 Å². The van der Waals surface area contributed by atoms with Gasteiger partial charge in [-0.2, -0.15) is 0 Å². The molecule has 5 nitrogen and oxygen atoms in total. The number of amides is 1. The van der Waals surface area contributed by atoms with E-state index in [4.69, 9.17) is 0 Å². The van der Waals surface area contributed by atoms with Crippen molar-refractivity contribution in [1.29, 1.82) is 0 Å². The molecule has 0 aliphatic heterocycles. The maximum atomic E-state index is 12.2. The van der Waals surface area contributed by atoms with Gasteiger partial charge < -0.3 is 10.2 Å². The van der Waals surface area contributed by atoms with E-state index in [2.05, 4.69) is 53.4 Å². The predicted molar refractivity (Wildman–Crippen MR) is 92.4 cm³/mol. The Bertz CT molecular complexity index is 622. The molecule has 1 aromatic heterocycles. The Kier molecular flexibility index (Phi) is 6.09. The molecule has 2 aromatic rings. The zero-order chi connectivity index (χ0) is 16.7. The van der Waals surface area contributed by atoms with E-state index in [1.165, 1.54) is 17.3 Å². The fraction of sp³-hybridized carbons (Fsp3) is 0.389. The lowest BCUT2D eigenvalue weighted by molar-refractivity contribution is 0.0787. The van der Waals surface area contributed by atoms with Gasteiger partial charge in [0.15, 0.2) is 0 Å². The highest BCUT2D eigenvalue weighted by Gasteiger charge is 2.12. The fourth-order valence-corrected chi connectivity index (χ4v) is 2.12. The van der Waals surface area contributed by atoms with Crippen LogP contribution < -0.4 is 5.32 Å². The van der Waals surface area contributed by atoms with Gasteiger partial charge in [0.2, 0.25) is 0 Å². The van der Waals surface area contributed by atoms with E-state index in [-0.39, 0.29) is 5.91 Å². The smallest absolute Gasteiger partial charge is 0.273 e. The van der Waals surface area contributed by atoms with Crippen molar-refractivity contribution < 1.29 is 4.79 Å². The first-order valence-corrected chi connectivity index (χ1v) is 7.97. The van der Waals surface area contributed by atoms with Crippen LogP contribution in [-0.4, -0.2) is 34.4 Å². The number of carbonyl (C=O) groups is 1. The molecule has 0 aliphatic rings. The number of unbranched alkanes of at least 4 members (excludes halogenated alkanes) is 1. The van der Waals surface area contributed by atoms with Crippen molar-refractivity contribution in [2.75, 3.05) is 18.9 Å². The summed E-state index contributed by atoms with van der Waals surface area (Å²) in [6, 6.07) is 8.32. The standard InChI is InChI=1S/C18H24N4O/c1-4-5-10-22(3)18(23)16-12-21-17(13-19-16)20-11-15-8-6-14(2)7-9-15/h6-9,12-13H,4-5,10-11H2,1-3H3,(H,20,21). The van der Waals surface area contributed by atoms with Crippen LogP contribution in [0.15, 0.2) is 36.7 Å². The van der Waals surface area contributed by atoms with Crippen LogP contribution in [0.2, 0.25) is 0 Å². The molecule has 0 fully saturated rings. The van der Waals surface area contributed by atoms with Crippen LogP contribution in [0.5, 0.6) is 0 Å². The third-order valence-electron chi connectivity index (χ3n) is 3.66. The zero-order valence-electron chi connectivity index (χ0n) is 14.0. The van der Waals surface area contributed by atoms with Crippen LogP contribution in [-0.2, 0) is 6.54 Å². The van der Waals surface area contributed by atoms with Crippen molar-refractivity contribution in [2.24, 2.45) is 0 Å². The number of nitrogens with one attached hydrogen (secondary N) is 1. The highest BCUT2D eigenvalue weighted by molar-refractivity contribution is 5.91. The zero-order valence-corrected chi connectivity index (χ0v) is 14.0. The number of aromatic nitrogens is 2. The predicted octanol–water partition coefficient (Wildman–Crippen LogP) is 3.27. The number of aryl methyl sites for hydroxylation is 1. The first kappa shape index (κ1) is 16.9. The van der Waals surface area contributed by atoms with Crippen LogP contribution in [0.1, 0.15) is 41.4 Å². The summed E-state index contributed by atoms with van der Waals surface area (Å²) in [7, 11) is 1.79. The summed E-state index contributed by atoms with van der Waals surface area (Å²) < 4.78 is 0. The van der Waals surface area contributed by atoms with Gasteiger partial charge >= 0.3 is 0 Å². The quantitative estimate of drug-likeness (QED) is 0.852. The SMILES string of the molecule is CCCCN(C)C(=O)c1cnc(NCc2ccc(C)cc2)cn1. The second kappa shape index (κ2) is 8.27. The van der Waals surface area contributed by atoms with Crippen molar-refractivity contribution in [1.82, 2.24) is 14.9 Å². The maximum Gasteiger partial charge on any atom is 0.273 e. The lowest BCUT2D eigenvalue weighted by atomic mass is 10.1. The van der Waals surface area contributed by atoms with Gasteiger partial charge in [0.05, 0.1) is 12.4 Å². The van der Waals surface area contributed by atoms with Crippen molar-refractivity contribution in [3.05, 3.63) is 53.5 Å². The summed E-state index contributed by atoms with van der Waals surface area (Å²) in [6.07, 6.45) is 5.19. The molecular formula is C18H24N4O. The van der Waals surface area contributed by atoms with E-state index in [0.29, 0.717) is 18.1 Å². The van der Waals surface area contributed by atoms with E-state index in [1.807, 2.05) is 0 Å². The molecule has 0 spiro atoms. The minimum Gasteiger partial charge on any atom is -0.365 e. The molecule has 0 radical (unpaired) electrons. The van der Waals surface area contributed by atoms with Crippen LogP contribution in [0.3, 0.4) is 0 Å². The van der Waals surface area contributed by atoms with E-state index >= 15 is 0 Å². The van der Waals surface area contributed by atoms with Gasteiger partial charge in [0.1, 0.15) is 11.5 Å². The van der Waals surface area contributed by atoms with Gasteiger partial charge in [-0.05, 0) is 18.9 Å². The first-order valence-electron chi connectivity index (χ1n) is 7.97. The number of hydrogen-bond donors (Lipinski definition) is 1. The van der Waals surface area contributed by atoms with E-state index < -0.39 is 0 Å².